The molecular formula is C27H43N3O2. The number of aryl methyl sites for hydroxylation is 1. The van der Waals surface area contributed by atoms with Gasteiger partial charge in [0, 0.05) is 23.7 Å². The van der Waals surface area contributed by atoms with Gasteiger partial charge in [0.1, 0.15) is 0 Å². The highest BCUT2D eigenvalue weighted by Crippen LogP contribution is 2.38. The van der Waals surface area contributed by atoms with Crippen molar-refractivity contribution in [3.8, 4) is 0 Å². The van der Waals surface area contributed by atoms with Gasteiger partial charge in [0.25, 0.3) is 0 Å². The van der Waals surface area contributed by atoms with Gasteiger partial charge in [0.05, 0.1) is 12.0 Å². The van der Waals surface area contributed by atoms with Gasteiger partial charge in [0.15, 0.2) is 0 Å². The fourth-order valence-corrected chi connectivity index (χ4v) is 6.20. The minimum absolute atomic E-state index is 0.0250. The molecule has 3 unspecified atom stereocenters. The summed E-state index contributed by atoms with van der Waals surface area (Å²) < 4.78 is 0. The van der Waals surface area contributed by atoms with E-state index in [1.54, 1.807) is 0 Å². The molecule has 3 aliphatic rings. The summed E-state index contributed by atoms with van der Waals surface area (Å²) in [6, 6.07) is 6.46. The van der Waals surface area contributed by atoms with Crippen LogP contribution < -0.4 is 16.1 Å². The van der Waals surface area contributed by atoms with E-state index in [1.165, 1.54) is 56.9 Å². The molecule has 4 rings (SSSR count). The average Bonchev–Trinajstić information content (AvgIpc) is 3.20. The van der Waals surface area contributed by atoms with Crippen LogP contribution in [0.25, 0.3) is 0 Å². The Balaban J connectivity index is 1.47. The lowest BCUT2D eigenvalue weighted by Crippen LogP contribution is -2.58. The Hall–Kier alpha value is -1.43. The lowest BCUT2D eigenvalue weighted by Gasteiger charge is -2.45. The largest absolute Gasteiger partial charge is 0.326 e. The van der Waals surface area contributed by atoms with Gasteiger partial charge in [-0.05, 0) is 63.3 Å². The van der Waals surface area contributed by atoms with E-state index in [0.717, 1.165) is 50.0 Å². The topological polar surface area (TPSA) is 62.4 Å². The third-order valence-electron chi connectivity index (χ3n) is 8.20. The van der Waals surface area contributed by atoms with E-state index in [-0.39, 0.29) is 23.5 Å². The second-order valence-corrected chi connectivity index (χ2v) is 10.4. The van der Waals surface area contributed by atoms with E-state index in [1.807, 2.05) is 0 Å². The SMILES string of the molecule is Cc1cc(C2CNOC2C)ccc1NC(=O)C1CCCNC12CCCCCCCCCC2. The van der Waals surface area contributed by atoms with Crippen LogP contribution >= 0.6 is 0 Å². The number of nitrogens with one attached hydrogen (secondary N) is 3. The molecule has 0 bridgehead atoms. The first kappa shape index (κ1) is 23.7. The molecule has 3 atom stereocenters. The number of hydrogen-bond donors (Lipinski definition) is 3. The zero-order valence-corrected chi connectivity index (χ0v) is 20.2. The van der Waals surface area contributed by atoms with Gasteiger partial charge in [-0.2, -0.15) is 0 Å². The van der Waals surface area contributed by atoms with Crippen molar-refractivity contribution in [1.82, 2.24) is 10.8 Å². The minimum atomic E-state index is -0.0250. The maximum absolute atomic E-state index is 13.6. The van der Waals surface area contributed by atoms with Crippen LogP contribution in [0.1, 0.15) is 101 Å². The highest BCUT2D eigenvalue weighted by atomic mass is 16.7. The summed E-state index contributed by atoms with van der Waals surface area (Å²) in [7, 11) is 0. The number of hydroxylamine groups is 1. The second-order valence-electron chi connectivity index (χ2n) is 10.4. The van der Waals surface area contributed by atoms with E-state index in [0.29, 0.717) is 5.92 Å². The summed E-state index contributed by atoms with van der Waals surface area (Å²) in [5, 5.41) is 7.20. The minimum Gasteiger partial charge on any atom is -0.326 e. The Morgan fingerprint density at radius 2 is 1.72 bits per heavy atom. The van der Waals surface area contributed by atoms with Gasteiger partial charge < -0.3 is 10.6 Å². The maximum Gasteiger partial charge on any atom is 0.229 e. The average molecular weight is 442 g/mol. The standard InChI is InChI=1S/C27H43N3O2/c1-20-18-22(23-19-29-32-21(23)2)13-14-25(20)30-26(31)24-12-11-17-28-27(24)15-9-7-5-3-4-6-8-10-16-27/h13-14,18,21,23-24,28-29H,3-12,15-17,19H2,1-2H3,(H,30,31). The van der Waals surface area contributed by atoms with Crippen LogP contribution in [0.2, 0.25) is 0 Å². The van der Waals surface area contributed by atoms with E-state index in [9.17, 15) is 4.79 Å². The predicted molar refractivity (Wildman–Crippen MR) is 131 cm³/mol. The summed E-state index contributed by atoms with van der Waals surface area (Å²) in [6.07, 6.45) is 15.0. The van der Waals surface area contributed by atoms with Gasteiger partial charge in [0.2, 0.25) is 5.91 Å². The lowest BCUT2D eigenvalue weighted by molar-refractivity contribution is -0.124. The number of piperidine rings is 1. The third-order valence-corrected chi connectivity index (χ3v) is 8.20. The Morgan fingerprint density at radius 1 is 1.03 bits per heavy atom. The molecule has 1 aromatic carbocycles. The van der Waals surface area contributed by atoms with Crippen molar-refractivity contribution in [3.05, 3.63) is 29.3 Å². The first-order chi connectivity index (χ1) is 15.6. The van der Waals surface area contributed by atoms with Crippen LogP contribution in [0.15, 0.2) is 18.2 Å². The Bertz CT molecular complexity index is 753. The molecule has 2 saturated heterocycles. The number of anilines is 1. The van der Waals surface area contributed by atoms with Crippen molar-refractivity contribution < 1.29 is 9.63 Å². The number of carbonyl (C=O) groups is 1. The van der Waals surface area contributed by atoms with E-state index in [2.05, 4.69) is 48.2 Å². The smallest absolute Gasteiger partial charge is 0.229 e. The molecule has 1 aliphatic carbocycles. The first-order valence-electron chi connectivity index (χ1n) is 13.1. The van der Waals surface area contributed by atoms with E-state index in [4.69, 9.17) is 4.84 Å². The molecule has 3 fully saturated rings. The van der Waals surface area contributed by atoms with Gasteiger partial charge in [-0.1, -0.05) is 63.5 Å². The Labute approximate surface area is 194 Å². The number of amides is 1. The van der Waals surface area contributed by atoms with Crippen molar-refractivity contribution in [2.24, 2.45) is 5.92 Å². The monoisotopic (exact) mass is 441 g/mol. The molecule has 1 aromatic rings. The molecule has 2 aliphatic heterocycles. The molecule has 2 heterocycles. The summed E-state index contributed by atoms with van der Waals surface area (Å²) in [4.78, 5) is 19.1. The summed E-state index contributed by atoms with van der Waals surface area (Å²) in [5.74, 6) is 0.627. The lowest BCUT2D eigenvalue weighted by atomic mass is 9.71. The maximum atomic E-state index is 13.6. The van der Waals surface area contributed by atoms with Gasteiger partial charge >= 0.3 is 0 Å². The van der Waals surface area contributed by atoms with Crippen LogP contribution in [-0.2, 0) is 9.63 Å². The Morgan fingerprint density at radius 3 is 2.34 bits per heavy atom. The molecular weight excluding hydrogens is 398 g/mol. The first-order valence-corrected chi connectivity index (χ1v) is 13.1. The second kappa shape index (κ2) is 11.1. The summed E-state index contributed by atoms with van der Waals surface area (Å²) in [5.41, 5.74) is 6.35. The fourth-order valence-electron chi connectivity index (χ4n) is 6.20. The molecule has 3 N–H and O–H groups in total. The summed E-state index contributed by atoms with van der Waals surface area (Å²) >= 11 is 0. The normalized spacial score (nSPS) is 29.4. The van der Waals surface area contributed by atoms with Crippen molar-refractivity contribution >= 4 is 11.6 Å². The van der Waals surface area contributed by atoms with Crippen molar-refractivity contribution in [3.63, 3.8) is 0 Å². The number of benzene rings is 1. The highest BCUT2D eigenvalue weighted by molar-refractivity contribution is 5.94. The van der Waals surface area contributed by atoms with Crippen LogP contribution in [0.4, 0.5) is 5.69 Å². The number of carbonyl (C=O) groups excluding carboxylic acids is 1. The van der Waals surface area contributed by atoms with Gasteiger partial charge in [-0.25, -0.2) is 5.48 Å². The van der Waals surface area contributed by atoms with Crippen LogP contribution in [0.3, 0.4) is 0 Å². The highest BCUT2D eigenvalue weighted by Gasteiger charge is 2.43. The van der Waals surface area contributed by atoms with Gasteiger partial charge in [-0.3, -0.25) is 9.63 Å². The fraction of sp³-hybridized carbons (Fsp3) is 0.741. The van der Waals surface area contributed by atoms with Crippen molar-refractivity contribution in [2.45, 2.75) is 108 Å². The molecule has 32 heavy (non-hydrogen) atoms. The number of hydrogen-bond acceptors (Lipinski definition) is 4. The molecule has 0 radical (unpaired) electrons. The zero-order valence-electron chi connectivity index (χ0n) is 20.2. The molecule has 1 saturated carbocycles. The molecule has 5 heteroatoms. The molecule has 178 valence electrons. The van der Waals surface area contributed by atoms with Crippen LogP contribution in [0.5, 0.6) is 0 Å². The quantitative estimate of drug-likeness (QED) is 0.572. The van der Waals surface area contributed by atoms with Crippen LogP contribution in [0, 0.1) is 12.8 Å². The molecule has 1 amide bonds. The van der Waals surface area contributed by atoms with Gasteiger partial charge in [-0.15, -0.1) is 0 Å². The molecule has 0 aromatic heterocycles. The third kappa shape index (κ3) is 5.55. The van der Waals surface area contributed by atoms with Crippen molar-refractivity contribution in [1.29, 1.82) is 0 Å². The van der Waals surface area contributed by atoms with Crippen molar-refractivity contribution in [2.75, 3.05) is 18.4 Å². The molecule has 5 nitrogen and oxygen atoms in total. The van der Waals surface area contributed by atoms with E-state index >= 15 is 0 Å². The molecule has 1 spiro atoms. The predicted octanol–water partition coefficient (Wildman–Crippen LogP) is 5.59. The van der Waals surface area contributed by atoms with Crippen LogP contribution in [-0.4, -0.2) is 30.6 Å². The Kier molecular flexibility index (Phi) is 8.25. The zero-order chi connectivity index (χ0) is 22.4. The number of rotatable bonds is 3. The van der Waals surface area contributed by atoms with E-state index < -0.39 is 0 Å². The summed E-state index contributed by atoms with van der Waals surface area (Å²) in [6.45, 7) is 6.09.